The zero-order valence-corrected chi connectivity index (χ0v) is 13.7. The van der Waals surface area contributed by atoms with Crippen molar-refractivity contribution in [2.24, 2.45) is 10.9 Å². The first-order valence-corrected chi connectivity index (χ1v) is 7.94. The van der Waals surface area contributed by atoms with Crippen LogP contribution in [-0.4, -0.2) is 18.2 Å². The summed E-state index contributed by atoms with van der Waals surface area (Å²) in [4.78, 5) is 16.8. The average molecular weight is 309 g/mol. The second-order valence-corrected chi connectivity index (χ2v) is 5.93. The Morgan fingerprint density at radius 1 is 1.04 bits per heavy atom. The van der Waals surface area contributed by atoms with Gasteiger partial charge < -0.3 is 4.74 Å². The summed E-state index contributed by atoms with van der Waals surface area (Å²) in [6, 6.07) is 19.0. The molecule has 0 fully saturated rings. The van der Waals surface area contributed by atoms with Crippen molar-refractivity contribution in [1.29, 1.82) is 0 Å². The number of aliphatic imine (C=N–C) groups is 1. The Bertz CT molecular complexity index is 621. The lowest BCUT2D eigenvalue weighted by molar-refractivity contribution is -0.146. The van der Waals surface area contributed by atoms with Gasteiger partial charge in [0, 0.05) is 6.21 Å². The zero-order chi connectivity index (χ0) is 16.5. The molecule has 3 nitrogen and oxygen atoms in total. The molecule has 0 heterocycles. The van der Waals surface area contributed by atoms with E-state index in [1.807, 2.05) is 60.7 Å². The molecule has 23 heavy (non-hydrogen) atoms. The van der Waals surface area contributed by atoms with Gasteiger partial charge in [0.05, 0.1) is 0 Å². The van der Waals surface area contributed by atoms with Crippen molar-refractivity contribution in [1.82, 2.24) is 0 Å². The van der Waals surface area contributed by atoms with Crippen molar-refractivity contribution >= 4 is 12.2 Å². The molecule has 0 amide bonds. The largest absolute Gasteiger partial charge is 0.459 e. The SMILES string of the molecule is CC(C)C[C@H](N=Cc1ccccc1)C(=O)OCc1ccccc1. The molecule has 2 aromatic carbocycles. The molecule has 2 rings (SSSR count). The van der Waals surface area contributed by atoms with Crippen molar-refractivity contribution in [3.63, 3.8) is 0 Å². The van der Waals surface area contributed by atoms with Gasteiger partial charge in [0.2, 0.25) is 0 Å². The number of carbonyl (C=O) groups excluding carboxylic acids is 1. The van der Waals surface area contributed by atoms with Gasteiger partial charge in [-0.15, -0.1) is 0 Å². The van der Waals surface area contributed by atoms with Gasteiger partial charge in [0.1, 0.15) is 12.6 Å². The highest BCUT2D eigenvalue weighted by molar-refractivity contribution is 5.84. The van der Waals surface area contributed by atoms with Gasteiger partial charge in [-0.2, -0.15) is 0 Å². The van der Waals surface area contributed by atoms with Crippen LogP contribution in [0.4, 0.5) is 0 Å². The van der Waals surface area contributed by atoms with Crippen LogP contribution >= 0.6 is 0 Å². The lowest BCUT2D eigenvalue weighted by atomic mass is 10.0. The number of esters is 1. The Balaban J connectivity index is 1.99. The fourth-order valence-electron chi connectivity index (χ4n) is 2.20. The Morgan fingerprint density at radius 3 is 2.26 bits per heavy atom. The van der Waals surface area contributed by atoms with Gasteiger partial charge in [-0.25, -0.2) is 4.79 Å². The number of benzene rings is 2. The van der Waals surface area contributed by atoms with Crippen LogP contribution in [0.2, 0.25) is 0 Å². The molecule has 0 spiro atoms. The summed E-state index contributed by atoms with van der Waals surface area (Å²) in [5, 5.41) is 0. The summed E-state index contributed by atoms with van der Waals surface area (Å²) in [6.07, 6.45) is 2.42. The van der Waals surface area contributed by atoms with Gasteiger partial charge in [-0.1, -0.05) is 74.5 Å². The van der Waals surface area contributed by atoms with Crippen LogP contribution in [-0.2, 0) is 16.1 Å². The third kappa shape index (κ3) is 6.07. The molecule has 0 unspecified atom stereocenters. The van der Waals surface area contributed by atoms with Crippen LogP contribution in [0.15, 0.2) is 65.7 Å². The van der Waals surface area contributed by atoms with E-state index in [1.165, 1.54) is 0 Å². The lowest BCUT2D eigenvalue weighted by Gasteiger charge is -2.14. The predicted molar refractivity (Wildman–Crippen MR) is 93.5 cm³/mol. The topological polar surface area (TPSA) is 38.7 Å². The molecule has 120 valence electrons. The van der Waals surface area contributed by atoms with Gasteiger partial charge >= 0.3 is 5.97 Å². The molecule has 0 saturated carbocycles. The van der Waals surface area contributed by atoms with Crippen LogP contribution in [0.5, 0.6) is 0 Å². The first kappa shape index (κ1) is 16.9. The van der Waals surface area contributed by atoms with Crippen LogP contribution in [0.25, 0.3) is 0 Å². The van der Waals surface area contributed by atoms with Crippen molar-refractivity contribution in [2.75, 3.05) is 0 Å². The van der Waals surface area contributed by atoms with Crippen LogP contribution < -0.4 is 0 Å². The van der Waals surface area contributed by atoms with E-state index in [2.05, 4.69) is 18.8 Å². The number of hydrogen-bond donors (Lipinski definition) is 0. The molecule has 3 heteroatoms. The lowest BCUT2D eigenvalue weighted by Crippen LogP contribution is -2.23. The molecule has 2 aromatic rings. The van der Waals surface area contributed by atoms with Crippen molar-refractivity contribution in [3.05, 3.63) is 71.8 Å². The minimum atomic E-state index is -0.459. The Kier molecular flexibility index (Phi) is 6.55. The molecule has 0 saturated heterocycles. The second-order valence-electron chi connectivity index (χ2n) is 5.93. The minimum Gasteiger partial charge on any atom is -0.459 e. The van der Waals surface area contributed by atoms with Crippen molar-refractivity contribution in [2.45, 2.75) is 32.9 Å². The summed E-state index contributed by atoms with van der Waals surface area (Å²) in [7, 11) is 0. The van der Waals surface area contributed by atoms with E-state index >= 15 is 0 Å². The first-order valence-electron chi connectivity index (χ1n) is 7.94. The standard InChI is InChI=1S/C20H23NO2/c1-16(2)13-19(21-14-17-9-5-3-6-10-17)20(22)23-15-18-11-7-4-8-12-18/h3-12,14,16,19H,13,15H2,1-2H3/t19-/m0/s1. The molecule has 0 radical (unpaired) electrons. The number of carbonyl (C=O) groups is 1. The van der Waals surface area contributed by atoms with E-state index in [9.17, 15) is 4.79 Å². The number of hydrogen-bond acceptors (Lipinski definition) is 3. The van der Waals surface area contributed by atoms with E-state index in [1.54, 1.807) is 6.21 Å². The molecule has 0 bridgehead atoms. The Labute approximate surface area is 138 Å². The smallest absolute Gasteiger partial charge is 0.331 e. The third-order valence-corrected chi connectivity index (χ3v) is 3.39. The highest BCUT2D eigenvalue weighted by Crippen LogP contribution is 2.12. The summed E-state index contributed by atoms with van der Waals surface area (Å²) >= 11 is 0. The van der Waals surface area contributed by atoms with Crippen molar-refractivity contribution < 1.29 is 9.53 Å². The number of rotatable bonds is 7. The number of ether oxygens (including phenoxy) is 1. The normalized spacial score (nSPS) is 12.5. The van der Waals surface area contributed by atoms with E-state index in [0.29, 0.717) is 12.3 Å². The van der Waals surface area contributed by atoms with Gasteiger partial charge in [-0.05, 0) is 23.5 Å². The van der Waals surface area contributed by atoms with E-state index in [-0.39, 0.29) is 12.6 Å². The van der Waals surface area contributed by atoms with E-state index < -0.39 is 6.04 Å². The zero-order valence-electron chi connectivity index (χ0n) is 13.7. The van der Waals surface area contributed by atoms with Crippen LogP contribution in [0.3, 0.4) is 0 Å². The summed E-state index contributed by atoms with van der Waals surface area (Å²) in [5.74, 6) is 0.104. The van der Waals surface area contributed by atoms with Crippen LogP contribution in [0, 0.1) is 5.92 Å². The predicted octanol–water partition coefficient (Wildman–Crippen LogP) is 4.26. The van der Waals surface area contributed by atoms with E-state index in [4.69, 9.17) is 4.74 Å². The third-order valence-electron chi connectivity index (χ3n) is 3.39. The van der Waals surface area contributed by atoms with Crippen LogP contribution in [0.1, 0.15) is 31.4 Å². The Hall–Kier alpha value is -2.42. The molecule has 0 aromatic heterocycles. The number of nitrogens with zero attached hydrogens (tertiary/aromatic N) is 1. The molecule has 0 aliphatic heterocycles. The monoisotopic (exact) mass is 309 g/mol. The summed E-state index contributed by atoms with van der Waals surface area (Å²) in [5.41, 5.74) is 1.97. The molecule has 1 atom stereocenters. The minimum absolute atomic E-state index is 0.269. The summed E-state index contributed by atoms with van der Waals surface area (Å²) in [6.45, 7) is 4.44. The fraction of sp³-hybridized carbons (Fsp3) is 0.300. The Morgan fingerprint density at radius 2 is 1.65 bits per heavy atom. The first-order chi connectivity index (χ1) is 11.1. The molecular formula is C20H23NO2. The second kappa shape index (κ2) is 8.89. The van der Waals surface area contributed by atoms with E-state index in [0.717, 1.165) is 11.1 Å². The maximum Gasteiger partial charge on any atom is 0.331 e. The summed E-state index contributed by atoms with van der Waals surface area (Å²) < 4.78 is 5.43. The molecule has 0 N–H and O–H groups in total. The highest BCUT2D eigenvalue weighted by Gasteiger charge is 2.20. The highest BCUT2D eigenvalue weighted by atomic mass is 16.5. The van der Waals surface area contributed by atoms with Crippen molar-refractivity contribution in [3.8, 4) is 0 Å². The molecular weight excluding hydrogens is 286 g/mol. The van der Waals surface area contributed by atoms with Gasteiger partial charge in [0.15, 0.2) is 0 Å². The molecule has 0 aliphatic carbocycles. The van der Waals surface area contributed by atoms with Gasteiger partial charge in [-0.3, -0.25) is 4.99 Å². The van der Waals surface area contributed by atoms with Gasteiger partial charge in [0.25, 0.3) is 0 Å². The maximum atomic E-state index is 12.3. The average Bonchev–Trinajstić information content (AvgIpc) is 2.58. The quantitative estimate of drug-likeness (QED) is 0.566. The molecule has 0 aliphatic rings. The maximum absolute atomic E-state index is 12.3. The fourth-order valence-corrected chi connectivity index (χ4v) is 2.20.